The molecule has 6 nitrogen and oxygen atoms in total. The Balaban J connectivity index is 0.00000208. The highest BCUT2D eigenvalue weighted by Crippen LogP contribution is 2.41. The van der Waals surface area contributed by atoms with Crippen molar-refractivity contribution >= 4 is 29.9 Å². The van der Waals surface area contributed by atoms with Gasteiger partial charge in [0.1, 0.15) is 18.0 Å². The first kappa shape index (κ1) is 18.6. The molecule has 0 aliphatic heterocycles. The summed E-state index contributed by atoms with van der Waals surface area (Å²) in [4.78, 5) is 10.5. The Morgan fingerprint density at radius 2 is 2.21 bits per heavy atom. The van der Waals surface area contributed by atoms with Crippen LogP contribution in [0, 0.1) is 5.82 Å². The number of aliphatic imine (C=N–C) groups is 1. The molecule has 1 aromatic carbocycles. The van der Waals surface area contributed by atoms with Gasteiger partial charge in [-0.15, -0.1) is 24.0 Å². The lowest BCUT2D eigenvalue weighted by Crippen LogP contribution is -2.40. The summed E-state index contributed by atoms with van der Waals surface area (Å²) >= 11 is 0. The molecular formula is C16H22FIN6. The molecule has 1 N–H and O–H groups in total. The van der Waals surface area contributed by atoms with E-state index >= 15 is 0 Å². The molecule has 8 heteroatoms. The lowest BCUT2D eigenvalue weighted by atomic mass is 10.1. The molecule has 1 aliphatic carbocycles. The molecule has 1 aromatic heterocycles. The molecule has 0 spiro atoms. The van der Waals surface area contributed by atoms with Crippen LogP contribution in [-0.2, 0) is 13.6 Å². The molecule has 1 saturated carbocycles. The Kier molecular flexibility index (Phi) is 6.14. The van der Waals surface area contributed by atoms with E-state index in [1.807, 2.05) is 31.1 Å². The Morgan fingerprint density at radius 1 is 1.46 bits per heavy atom. The Labute approximate surface area is 158 Å². The fourth-order valence-electron chi connectivity index (χ4n) is 2.74. The van der Waals surface area contributed by atoms with E-state index in [1.54, 1.807) is 17.8 Å². The van der Waals surface area contributed by atoms with Gasteiger partial charge in [-0.3, -0.25) is 9.67 Å². The van der Waals surface area contributed by atoms with Crippen molar-refractivity contribution in [2.24, 2.45) is 12.0 Å². The maximum atomic E-state index is 13.8. The third-order valence-corrected chi connectivity index (χ3v) is 4.17. The van der Waals surface area contributed by atoms with Crippen LogP contribution in [0.4, 0.5) is 4.39 Å². The van der Waals surface area contributed by atoms with Gasteiger partial charge >= 0.3 is 0 Å². The highest BCUT2D eigenvalue weighted by Gasteiger charge is 2.40. The lowest BCUT2D eigenvalue weighted by Gasteiger charge is -2.21. The summed E-state index contributed by atoms with van der Waals surface area (Å²) in [5.41, 5.74) is 0.774. The fourth-order valence-corrected chi connectivity index (χ4v) is 2.74. The number of aromatic nitrogens is 3. The van der Waals surface area contributed by atoms with E-state index in [4.69, 9.17) is 0 Å². The van der Waals surface area contributed by atoms with Crippen LogP contribution in [0.15, 0.2) is 35.6 Å². The van der Waals surface area contributed by atoms with E-state index in [1.165, 1.54) is 12.4 Å². The topological polar surface area (TPSA) is 58.3 Å². The molecule has 0 amide bonds. The standard InChI is InChI=1S/C16H21FN6.HI/c1-18-16(22(2)9-15-19-10-20-23(15)3)21-14-8-12(14)11-6-4-5-7-13(11)17;/h4-7,10,12,14H,8-9H2,1-3H3,(H,18,21);1H. The molecule has 130 valence electrons. The lowest BCUT2D eigenvalue weighted by molar-refractivity contribution is 0.447. The van der Waals surface area contributed by atoms with Gasteiger partial charge in [-0.25, -0.2) is 9.37 Å². The summed E-state index contributed by atoms with van der Waals surface area (Å²) in [5.74, 6) is 1.70. The van der Waals surface area contributed by atoms with E-state index in [0.717, 1.165) is 23.8 Å². The highest BCUT2D eigenvalue weighted by atomic mass is 127. The van der Waals surface area contributed by atoms with Gasteiger partial charge in [0.25, 0.3) is 0 Å². The van der Waals surface area contributed by atoms with Crippen LogP contribution in [0.5, 0.6) is 0 Å². The molecule has 3 rings (SSSR count). The first-order valence-electron chi connectivity index (χ1n) is 7.62. The van der Waals surface area contributed by atoms with Gasteiger partial charge in [-0.1, -0.05) is 18.2 Å². The van der Waals surface area contributed by atoms with Crippen LogP contribution in [-0.4, -0.2) is 45.8 Å². The Bertz CT molecular complexity index is 716. The van der Waals surface area contributed by atoms with Gasteiger partial charge in [-0.05, 0) is 18.1 Å². The van der Waals surface area contributed by atoms with Crippen LogP contribution in [0.1, 0.15) is 23.7 Å². The summed E-state index contributed by atoms with van der Waals surface area (Å²) in [6, 6.07) is 7.18. The summed E-state index contributed by atoms with van der Waals surface area (Å²) < 4.78 is 15.6. The Hall–Kier alpha value is -1.71. The zero-order valence-electron chi connectivity index (χ0n) is 14.0. The van der Waals surface area contributed by atoms with Crippen molar-refractivity contribution in [3.63, 3.8) is 0 Å². The number of benzene rings is 1. The monoisotopic (exact) mass is 444 g/mol. The van der Waals surface area contributed by atoms with E-state index in [-0.39, 0.29) is 41.8 Å². The minimum Gasteiger partial charge on any atom is -0.353 e. The quantitative estimate of drug-likeness (QED) is 0.446. The highest BCUT2D eigenvalue weighted by molar-refractivity contribution is 14.0. The van der Waals surface area contributed by atoms with Crippen LogP contribution in [0.2, 0.25) is 0 Å². The Morgan fingerprint density at radius 3 is 2.83 bits per heavy atom. The minimum absolute atomic E-state index is 0. The molecule has 1 heterocycles. The number of nitrogens with zero attached hydrogens (tertiary/aromatic N) is 5. The van der Waals surface area contributed by atoms with Crippen LogP contribution < -0.4 is 5.32 Å². The zero-order valence-corrected chi connectivity index (χ0v) is 16.3. The van der Waals surface area contributed by atoms with E-state index in [2.05, 4.69) is 20.4 Å². The van der Waals surface area contributed by atoms with E-state index < -0.39 is 0 Å². The first-order chi connectivity index (χ1) is 11.1. The number of hydrogen-bond donors (Lipinski definition) is 1. The van der Waals surface area contributed by atoms with Crippen LogP contribution in [0.3, 0.4) is 0 Å². The SMILES string of the molecule is CN=C(NC1CC1c1ccccc1F)N(C)Cc1ncnn1C.I. The maximum Gasteiger partial charge on any atom is 0.194 e. The van der Waals surface area contributed by atoms with Crippen LogP contribution in [0.25, 0.3) is 0 Å². The molecule has 2 aromatic rings. The second-order valence-corrected chi connectivity index (χ2v) is 5.82. The number of hydrogen-bond acceptors (Lipinski definition) is 3. The number of aryl methyl sites for hydroxylation is 1. The normalized spacial score (nSPS) is 19.6. The third-order valence-electron chi connectivity index (χ3n) is 4.17. The van der Waals surface area contributed by atoms with Crippen LogP contribution >= 0.6 is 24.0 Å². The first-order valence-corrected chi connectivity index (χ1v) is 7.62. The van der Waals surface area contributed by atoms with Gasteiger partial charge in [-0.2, -0.15) is 5.10 Å². The van der Waals surface area contributed by atoms with E-state index in [9.17, 15) is 4.39 Å². The van der Waals surface area contributed by atoms with Gasteiger partial charge in [0.05, 0.1) is 6.54 Å². The second kappa shape index (κ2) is 7.91. The third kappa shape index (κ3) is 4.03. The van der Waals surface area contributed by atoms with Crippen molar-refractivity contribution in [1.29, 1.82) is 0 Å². The van der Waals surface area contributed by atoms with Crippen molar-refractivity contribution in [2.75, 3.05) is 14.1 Å². The average molecular weight is 444 g/mol. The molecule has 1 fully saturated rings. The van der Waals surface area contributed by atoms with Gasteiger partial charge in [0.2, 0.25) is 0 Å². The average Bonchev–Trinajstić information content (AvgIpc) is 3.19. The smallest absolute Gasteiger partial charge is 0.194 e. The number of guanidine groups is 1. The molecule has 2 unspecified atom stereocenters. The van der Waals surface area contributed by atoms with Crippen molar-refractivity contribution < 1.29 is 4.39 Å². The van der Waals surface area contributed by atoms with E-state index in [0.29, 0.717) is 6.54 Å². The van der Waals surface area contributed by atoms with Gasteiger partial charge in [0, 0.05) is 33.1 Å². The fraction of sp³-hybridized carbons (Fsp3) is 0.438. The summed E-state index contributed by atoms with van der Waals surface area (Å²) in [6.45, 7) is 0.604. The maximum absolute atomic E-state index is 13.8. The zero-order chi connectivity index (χ0) is 16.4. The molecule has 0 radical (unpaired) electrons. The van der Waals surface area contributed by atoms with Crippen molar-refractivity contribution in [1.82, 2.24) is 25.0 Å². The number of rotatable bonds is 4. The predicted octanol–water partition coefficient (Wildman–Crippen LogP) is 2.14. The molecule has 2 atom stereocenters. The van der Waals surface area contributed by atoms with Gasteiger partial charge < -0.3 is 10.2 Å². The second-order valence-electron chi connectivity index (χ2n) is 5.82. The largest absolute Gasteiger partial charge is 0.353 e. The summed E-state index contributed by atoms with van der Waals surface area (Å²) in [6.07, 6.45) is 2.45. The number of nitrogens with one attached hydrogen (secondary N) is 1. The molecule has 0 bridgehead atoms. The minimum atomic E-state index is -0.135. The summed E-state index contributed by atoms with van der Waals surface area (Å²) in [7, 11) is 5.56. The summed E-state index contributed by atoms with van der Waals surface area (Å²) in [5, 5.41) is 7.47. The molecule has 24 heavy (non-hydrogen) atoms. The van der Waals surface area contributed by atoms with Gasteiger partial charge in [0.15, 0.2) is 5.96 Å². The van der Waals surface area contributed by atoms with Crippen molar-refractivity contribution in [2.45, 2.75) is 24.9 Å². The molecule has 0 saturated heterocycles. The number of halogens is 2. The van der Waals surface area contributed by atoms with Crippen molar-refractivity contribution in [3.8, 4) is 0 Å². The molecule has 1 aliphatic rings. The van der Waals surface area contributed by atoms with Crippen molar-refractivity contribution in [3.05, 3.63) is 47.8 Å². The predicted molar refractivity (Wildman–Crippen MR) is 102 cm³/mol. The molecular weight excluding hydrogens is 422 g/mol.